The minimum Gasteiger partial charge on any atom is -0.486 e. The van der Waals surface area contributed by atoms with Crippen LogP contribution in [0.5, 0.6) is 5.75 Å². The Morgan fingerprint density at radius 3 is 2.50 bits per heavy atom. The highest BCUT2D eigenvalue weighted by Crippen LogP contribution is 2.49. The zero-order valence-electron chi connectivity index (χ0n) is 20.7. The zero-order valence-corrected chi connectivity index (χ0v) is 20.7. The number of ether oxygens (including phenoxy) is 1. The number of unbranched alkanes of at least 4 members (excludes halogenated alkanes) is 3. The third-order valence-corrected chi connectivity index (χ3v) is 8.29. The van der Waals surface area contributed by atoms with E-state index in [2.05, 4.69) is 6.92 Å². The molecule has 0 bridgehead atoms. The van der Waals surface area contributed by atoms with Crippen LogP contribution in [0.15, 0.2) is 30.4 Å². The first kappa shape index (κ1) is 25.1. The second-order valence-electron chi connectivity index (χ2n) is 10.5. The van der Waals surface area contributed by atoms with Crippen molar-refractivity contribution in [2.75, 3.05) is 6.61 Å². The van der Waals surface area contributed by atoms with Crippen LogP contribution in [0.2, 0.25) is 0 Å². The Hall–Kier alpha value is -1.97. The van der Waals surface area contributed by atoms with Crippen molar-refractivity contribution in [3.05, 3.63) is 53.4 Å². The fourth-order valence-electron chi connectivity index (χ4n) is 6.40. The summed E-state index contributed by atoms with van der Waals surface area (Å²) in [5, 5.41) is 0.0965. The molecule has 1 nitrogen and oxygen atoms in total. The van der Waals surface area contributed by atoms with Crippen molar-refractivity contribution in [1.82, 2.24) is 0 Å². The van der Waals surface area contributed by atoms with Crippen LogP contribution >= 0.6 is 0 Å². The average Bonchev–Trinajstić information content (AvgIpc) is 2.84. The fraction of sp³-hybridized carbons (Fsp3) is 0.600. The van der Waals surface area contributed by atoms with Gasteiger partial charge in [0.2, 0.25) is 5.82 Å². The number of allylic oxidation sites excluding steroid dienone is 1. The maximum atomic E-state index is 15.0. The molecule has 0 spiro atoms. The summed E-state index contributed by atoms with van der Waals surface area (Å²) < 4.78 is 49.5. The van der Waals surface area contributed by atoms with Crippen LogP contribution < -0.4 is 4.74 Å². The zero-order chi connectivity index (χ0) is 24.1. The van der Waals surface area contributed by atoms with Gasteiger partial charge in [0.15, 0.2) is 11.6 Å². The van der Waals surface area contributed by atoms with Crippen LogP contribution in [-0.4, -0.2) is 6.61 Å². The van der Waals surface area contributed by atoms with E-state index in [0.717, 1.165) is 30.2 Å². The quantitative estimate of drug-likeness (QED) is 0.261. The molecule has 0 amide bonds. The lowest BCUT2D eigenvalue weighted by atomic mass is 9.63. The number of fused-ring (bicyclic) bond motifs is 2. The van der Waals surface area contributed by atoms with E-state index < -0.39 is 17.5 Å². The Kier molecular flexibility index (Phi) is 8.60. The summed E-state index contributed by atoms with van der Waals surface area (Å²) in [5.41, 5.74) is 0.913. The lowest BCUT2D eigenvalue weighted by Gasteiger charge is -2.42. The molecule has 34 heavy (non-hydrogen) atoms. The summed E-state index contributed by atoms with van der Waals surface area (Å²) in [7, 11) is 0. The Morgan fingerprint density at radius 1 is 0.912 bits per heavy atom. The summed E-state index contributed by atoms with van der Waals surface area (Å²) in [6.45, 7) is 4.24. The highest BCUT2D eigenvalue weighted by Gasteiger charge is 2.36. The molecule has 4 rings (SSSR count). The van der Waals surface area contributed by atoms with Gasteiger partial charge in [-0.25, -0.2) is 8.78 Å². The van der Waals surface area contributed by atoms with Crippen LogP contribution in [-0.2, 0) is 0 Å². The monoisotopic (exact) mass is 472 g/mol. The van der Waals surface area contributed by atoms with Gasteiger partial charge in [0, 0.05) is 0 Å². The van der Waals surface area contributed by atoms with Crippen molar-refractivity contribution in [2.45, 2.75) is 90.4 Å². The minimum atomic E-state index is -1.17. The first-order chi connectivity index (χ1) is 16.5. The summed E-state index contributed by atoms with van der Waals surface area (Å²) >= 11 is 0. The number of rotatable bonds is 9. The Morgan fingerprint density at radius 2 is 1.71 bits per heavy atom. The third-order valence-electron chi connectivity index (χ3n) is 8.29. The predicted molar refractivity (Wildman–Crippen MR) is 134 cm³/mol. The van der Waals surface area contributed by atoms with Gasteiger partial charge in [-0.05, 0) is 85.8 Å². The number of hydrogen-bond donors (Lipinski definition) is 0. The Bertz CT molecular complexity index is 998. The highest BCUT2D eigenvalue weighted by molar-refractivity contribution is 5.86. The van der Waals surface area contributed by atoms with Gasteiger partial charge in [0.1, 0.15) is 12.4 Å². The molecule has 0 radical (unpaired) electrons. The molecule has 0 aromatic heterocycles. The van der Waals surface area contributed by atoms with E-state index in [-0.39, 0.29) is 23.7 Å². The molecule has 0 heterocycles. The molecule has 2 saturated carbocycles. The van der Waals surface area contributed by atoms with Gasteiger partial charge in [-0.15, -0.1) is 0 Å². The van der Waals surface area contributed by atoms with E-state index in [9.17, 15) is 13.2 Å². The molecule has 2 aromatic rings. The lowest BCUT2D eigenvalue weighted by molar-refractivity contribution is 0.113. The van der Waals surface area contributed by atoms with E-state index in [1.165, 1.54) is 69.9 Å². The molecule has 2 aliphatic carbocycles. The molecule has 2 fully saturated rings. The number of benzene rings is 2. The van der Waals surface area contributed by atoms with Crippen LogP contribution in [0.3, 0.4) is 0 Å². The van der Waals surface area contributed by atoms with Gasteiger partial charge < -0.3 is 4.74 Å². The van der Waals surface area contributed by atoms with Crippen molar-refractivity contribution in [3.63, 3.8) is 0 Å². The van der Waals surface area contributed by atoms with E-state index in [4.69, 9.17) is 4.74 Å². The standard InChI is InChI=1S/C30H39F3O/c1-3-5-7-8-9-20-10-11-22-16-23(13-12-21(22)15-20)24-17-25-19-27(34-14-6-4-2)29(32)30(33)28(25)26(31)18-24/h4,6,17-23H,3,5,7-16H2,1-2H3. The molecule has 4 unspecified atom stereocenters. The summed E-state index contributed by atoms with van der Waals surface area (Å²) in [6, 6.07) is 4.74. The maximum Gasteiger partial charge on any atom is 0.201 e. The smallest absolute Gasteiger partial charge is 0.201 e. The maximum absolute atomic E-state index is 15.0. The van der Waals surface area contributed by atoms with Crippen LogP contribution in [0, 0.1) is 35.2 Å². The van der Waals surface area contributed by atoms with Gasteiger partial charge in [-0.3, -0.25) is 0 Å². The molecule has 4 heteroatoms. The van der Waals surface area contributed by atoms with E-state index in [1.807, 2.05) is 13.0 Å². The second-order valence-corrected chi connectivity index (χ2v) is 10.5. The topological polar surface area (TPSA) is 9.23 Å². The van der Waals surface area contributed by atoms with Gasteiger partial charge >= 0.3 is 0 Å². The van der Waals surface area contributed by atoms with E-state index in [1.54, 1.807) is 12.2 Å². The molecular formula is C30H39F3O. The van der Waals surface area contributed by atoms with Gasteiger partial charge in [0.25, 0.3) is 0 Å². The molecule has 186 valence electrons. The van der Waals surface area contributed by atoms with Gasteiger partial charge in [0.05, 0.1) is 5.39 Å². The molecule has 0 N–H and O–H groups in total. The molecule has 4 atom stereocenters. The van der Waals surface area contributed by atoms with Gasteiger partial charge in [-0.1, -0.05) is 63.7 Å². The van der Waals surface area contributed by atoms with Crippen LogP contribution in [0.4, 0.5) is 13.2 Å². The third kappa shape index (κ3) is 5.63. The summed E-state index contributed by atoms with van der Waals surface area (Å²) in [5.74, 6) is -0.483. The van der Waals surface area contributed by atoms with Crippen molar-refractivity contribution in [2.24, 2.45) is 17.8 Å². The van der Waals surface area contributed by atoms with Crippen LogP contribution in [0.25, 0.3) is 10.8 Å². The molecular weight excluding hydrogens is 433 g/mol. The van der Waals surface area contributed by atoms with Crippen LogP contribution in [0.1, 0.15) is 96.0 Å². The minimum absolute atomic E-state index is 0.145. The van der Waals surface area contributed by atoms with E-state index in [0.29, 0.717) is 11.3 Å². The summed E-state index contributed by atoms with van der Waals surface area (Å²) in [4.78, 5) is 0. The molecule has 2 aliphatic rings. The van der Waals surface area contributed by atoms with Crippen molar-refractivity contribution in [1.29, 1.82) is 0 Å². The highest BCUT2D eigenvalue weighted by atomic mass is 19.2. The molecule has 0 saturated heterocycles. The lowest BCUT2D eigenvalue weighted by Crippen LogP contribution is -2.30. The van der Waals surface area contributed by atoms with E-state index >= 15 is 0 Å². The average molecular weight is 473 g/mol. The first-order valence-corrected chi connectivity index (χ1v) is 13.4. The summed E-state index contributed by atoms with van der Waals surface area (Å²) in [6.07, 6.45) is 17.5. The van der Waals surface area contributed by atoms with Crippen molar-refractivity contribution < 1.29 is 17.9 Å². The fourth-order valence-corrected chi connectivity index (χ4v) is 6.40. The molecule has 2 aromatic carbocycles. The second kappa shape index (κ2) is 11.6. The Balaban J connectivity index is 1.46. The number of halogens is 3. The normalized spacial score (nSPS) is 25.1. The predicted octanol–water partition coefficient (Wildman–Crippen LogP) is 9.48. The Labute approximate surface area is 202 Å². The van der Waals surface area contributed by atoms with Gasteiger partial charge in [-0.2, -0.15) is 4.39 Å². The first-order valence-electron chi connectivity index (χ1n) is 13.4. The number of hydrogen-bond acceptors (Lipinski definition) is 1. The largest absolute Gasteiger partial charge is 0.486 e. The SMILES string of the molecule is CC=CCOc1cc2cc(C3CCC4CC(CCCCCC)CCC4C3)cc(F)c2c(F)c1F. The molecule has 0 aliphatic heterocycles. The van der Waals surface area contributed by atoms with Crippen molar-refractivity contribution >= 4 is 10.8 Å². The van der Waals surface area contributed by atoms with Crippen molar-refractivity contribution in [3.8, 4) is 5.75 Å².